The third-order valence-electron chi connectivity index (χ3n) is 4.07. The Balaban J connectivity index is 2.31. The first-order valence-electron chi connectivity index (χ1n) is 8.46. The quantitative estimate of drug-likeness (QED) is 0.383. The highest BCUT2D eigenvalue weighted by Crippen LogP contribution is 2.41. The van der Waals surface area contributed by atoms with Gasteiger partial charge in [0, 0.05) is 18.1 Å². The number of aryl methyl sites for hydroxylation is 1. The molecule has 0 aliphatic heterocycles. The van der Waals surface area contributed by atoms with Crippen LogP contribution >= 0.6 is 31.9 Å². The number of esters is 1. The second-order valence-electron chi connectivity index (χ2n) is 6.36. The summed E-state index contributed by atoms with van der Waals surface area (Å²) in [5.41, 5.74) is 8.63. The van der Waals surface area contributed by atoms with Crippen molar-refractivity contribution in [3.63, 3.8) is 0 Å². The minimum absolute atomic E-state index is 0.235. The van der Waals surface area contributed by atoms with Crippen LogP contribution in [-0.4, -0.2) is 20.2 Å². The number of carbonyl (C=O) groups excluding carboxylic acids is 1. The van der Waals surface area contributed by atoms with Crippen molar-refractivity contribution < 1.29 is 19.0 Å². The topological polar surface area (TPSA) is 70.8 Å². The normalized spacial score (nSPS) is 10.8. The van der Waals surface area contributed by atoms with E-state index in [-0.39, 0.29) is 11.9 Å². The first kappa shape index (κ1) is 21.6. The molecule has 5 nitrogen and oxygen atoms in total. The van der Waals surface area contributed by atoms with Gasteiger partial charge >= 0.3 is 5.97 Å². The molecular formula is C20H23Br2NO4. The lowest BCUT2D eigenvalue weighted by Crippen LogP contribution is -2.02. The molecule has 2 aromatic carbocycles. The number of methoxy groups -OCH3 is 2. The fraction of sp³-hybridized carbons (Fsp3) is 0.350. The Morgan fingerprint density at radius 2 is 1.70 bits per heavy atom. The van der Waals surface area contributed by atoms with E-state index in [0.717, 1.165) is 20.1 Å². The monoisotopic (exact) mass is 499 g/mol. The van der Waals surface area contributed by atoms with E-state index in [4.69, 9.17) is 15.2 Å². The van der Waals surface area contributed by atoms with Gasteiger partial charge < -0.3 is 19.9 Å². The number of benzene rings is 2. The van der Waals surface area contributed by atoms with Crippen molar-refractivity contribution in [3.8, 4) is 17.2 Å². The van der Waals surface area contributed by atoms with Gasteiger partial charge in [0.1, 0.15) is 11.5 Å². The molecule has 27 heavy (non-hydrogen) atoms. The zero-order valence-electron chi connectivity index (χ0n) is 15.8. The van der Waals surface area contributed by atoms with Gasteiger partial charge in [-0.2, -0.15) is 0 Å². The molecule has 146 valence electrons. The van der Waals surface area contributed by atoms with Crippen molar-refractivity contribution in [1.29, 1.82) is 0 Å². The molecule has 2 aromatic rings. The SMILES string of the molecule is COC(=O)CCc1cc(Br)c(Oc2cc(N)c(OC)c(C(C)C)c2)c(Br)c1. The summed E-state index contributed by atoms with van der Waals surface area (Å²) in [6.45, 7) is 4.14. The maximum atomic E-state index is 11.3. The van der Waals surface area contributed by atoms with Crippen LogP contribution in [0.15, 0.2) is 33.2 Å². The van der Waals surface area contributed by atoms with E-state index in [0.29, 0.717) is 35.8 Å². The highest BCUT2D eigenvalue weighted by Gasteiger charge is 2.16. The van der Waals surface area contributed by atoms with Gasteiger partial charge in [-0.1, -0.05) is 13.8 Å². The molecule has 0 amide bonds. The van der Waals surface area contributed by atoms with E-state index in [9.17, 15) is 4.79 Å². The smallest absolute Gasteiger partial charge is 0.305 e. The summed E-state index contributed by atoms with van der Waals surface area (Å²) in [5, 5.41) is 0. The minimum Gasteiger partial charge on any atom is -0.494 e. The summed E-state index contributed by atoms with van der Waals surface area (Å²) in [5.74, 6) is 1.93. The van der Waals surface area contributed by atoms with Crippen LogP contribution in [0.4, 0.5) is 5.69 Å². The van der Waals surface area contributed by atoms with Crippen molar-refractivity contribution in [2.45, 2.75) is 32.6 Å². The Labute approximate surface area is 176 Å². The maximum Gasteiger partial charge on any atom is 0.305 e. The average molecular weight is 501 g/mol. The molecule has 2 rings (SSSR count). The number of nitrogens with two attached hydrogens (primary N) is 1. The van der Waals surface area contributed by atoms with Crippen LogP contribution in [0, 0.1) is 0 Å². The molecule has 0 saturated carbocycles. The third-order valence-corrected chi connectivity index (χ3v) is 5.25. The number of hydrogen-bond acceptors (Lipinski definition) is 5. The van der Waals surface area contributed by atoms with Crippen molar-refractivity contribution in [1.82, 2.24) is 0 Å². The Hall–Kier alpha value is -1.73. The molecule has 0 bridgehead atoms. The molecular weight excluding hydrogens is 478 g/mol. The molecule has 0 atom stereocenters. The molecule has 0 saturated heterocycles. The number of carbonyl (C=O) groups is 1. The number of halogens is 2. The largest absolute Gasteiger partial charge is 0.494 e. The Morgan fingerprint density at radius 3 is 2.22 bits per heavy atom. The summed E-state index contributed by atoms with van der Waals surface area (Å²) in [6.07, 6.45) is 0.902. The second kappa shape index (κ2) is 9.46. The number of hydrogen-bond donors (Lipinski definition) is 1. The Morgan fingerprint density at radius 1 is 1.07 bits per heavy atom. The van der Waals surface area contributed by atoms with Crippen LogP contribution in [-0.2, 0) is 16.0 Å². The van der Waals surface area contributed by atoms with Crippen LogP contribution in [0.2, 0.25) is 0 Å². The van der Waals surface area contributed by atoms with Crippen LogP contribution in [0.1, 0.15) is 37.3 Å². The van der Waals surface area contributed by atoms with E-state index in [2.05, 4.69) is 50.4 Å². The maximum absolute atomic E-state index is 11.3. The van der Waals surface area contributed by atoms with E-state index < -0.39 is 0 Å². The van der Waals surface area contributed by atoms with E-state index in [1.807, 2.05) is 18.2 Å². The summed E-state index contributed by atoms with van der Waals surface area (Å²) < 4.78 is 17.8. The van der Waals surface area contributed by atoms with E-state index in [1.54, 1.807) is 13.2 Å². The molecule has 0 aromatic heterocycles. The molecule has 7 heteroatoms. The number of ether oxygens (including phenoxy) is 3. The van der Waals surface area contributed by atoms with Gasteiger partial charge in [0.15, 0.2) is 5.75 Å². The lowest BCUT2D eigenvalue weighted by atomic mass is 10.0. The van der Waals surface area contributed by atoms with Gasteiger partial charge in [0.2, 0.25) is 0 Å². The van der Waals surface area contributed by atoms with E-state index in [1.165, 1.54) is 7.11 Å². The summed E-state index contributed by atoms with van der Waals surface area (Å²) in [4.78, 5) is 11.3. The molecule has 0 aliphatic carbocycles. The average Bonchev–Trinajstić information content (AvgIpc) is 2.62. The predicted molar refractivity (Wildman–Crippen MR) is 114 cm³/mol. The first-order valence-corrected chi connectivity index (χ1v) is 10.0. The standard InChI is InChI=1S/C20H23Br2NO4/c1-11(2)14-9-13(10-17(23)19(14)26-4)27-20-15(21)7-12(8-16(20)22)5-6-18(24)25-3/h7-11H,5-6,23H2,1-4H3. The van der Waals surface area contributed by atoms with Crippen molar-refractivity contribution in [2.24, 2.45) is 0 Å². The lowest BCUT2D eigenvalue weighted by Gasteiger charge is -2.17. The van der Waals surface area contributed by atoms with E-state index >= 15 is 0 Å². The number of nitrogen functional groups attached to an aromatic ring is 1. The molecule has 0 spiro atoms. The van der Waals surface area contributed by atoms with Gasteiger partial charge in [0.05, 0.1) is 28.9 Å². The highest BCUT2D eigenvalue weighted by atomic mass is 79.9. The Bertz CT molecular complexity index is 814. The van der Waals surface area contributed by atoms with Gasteiger partial charge in [-0.15, -0.1) is 0 Å². The van der Waals surface area contributed by atoms with Gasteiger partial charge in [-0.3, -0.25) is 4.79 Å². The van der Waals surface area contributed by atoms with Crippen LogP contribution in [0.25, 0.3) is 0 Å². The number of rotatable bonds is 7. The summed E-state index contributed by atoms with van der Waals surface area (Å²) in [6, 6.07) is 7.54. The van der Waals surface area contributed by atoms with Gasteiger partial charge in [0.25, 0.3) is 0 Å². The first-order chi connectivity index (χ1) is 12.8. The van der Waals surface area contributed by atoms with Crippen molar-refractivity contribution >= 4 is 43.5 Å². The van der Waals surface area contributed by atoms with Crippen molar-refractivity contribution in [3.05, 3.63) is 44.3 Å². The zero-order chi connectivity index (χ0) is 20.1. The van der Waals surface area contributed by atoms with Crippen LogP contribution < -0.4 is 15.2 Å². The molecule has 0 radical (unpaired) electrons. The summed E-state index contributed by atoms with van der Waals surface area (Å²) >= 11 is 7.09. The molecule has 0 heterocycles. The third kappa shape index (κ3) is 5.39. The molecule has 0 fully saturated rings. The fourth-order valence-corrected chi connectivity index (χ4v) is 4.13. The van der Waals surface area contributed by atoms with Crippen LogP contribution in [0.5, 0.6) is 17.2 Å². The fourth-order valence-electron chi connectivity index (χ4n) is 2.69. The molecule has 2 N–H and O–H groups in total. The number of anilines is 1. The second-order valence-corrected chi connectivity index (χ2v) is 8.07. The van der Waals surface area contributed by atoms with Crippen LogP contribution in [0.3, 0.4) is 0 Å². The predicted octanol–water partition coefficient (Wildman–Crippen LogP) is 5.82. The minimum atomic E-state index is -0.238. The van der Waals surface area contributed by atoms with Gasteiger partial charge in [-0.05, 0) is 68.0 Å². The molecule has 0 unspecified atom stereocenters. The molecule has 0 aliphatic rings. The Kier molecular flexibility index (Phi) is 7.56. The summed E-state index contributed by atoms with van der Waals surface area (Å²) in [7, 11) is 3.00. The lowest BCUT2D eigenvalue weighted by molar-refractivity contribution is -0.140. The van der Waals surface area contributed by atoms with Gasteiger partial charge in [-0.25, -0.2) is 0 Å². The zero-order valence-corrected chi connectivity index (χ0v) is 18.9. The van der Waals surface area contributed by atoms with Crippen molar-refractivity contribution in [2.75, 3.05) is 20.0 Å². The highest BCUT2D eigenvalue weighted by molar-refractivity contribution is 9.11.